The predicted molar refractivity (Wildman–Crippen MR) is 64.0 cm³/mol. The van der Waals surface area contributed by atoms with E-state index in [1.54, 1.807) is 0 Å². The van der Waals surface area contributed by atoms with Crippen molar-refractivity contribution in [2.24, 2.45) is 0 Å². The third-order valence-electron chi connectivity index (χ3n) is 3.13. The van der Waals surface area contributed by atoms with E-state index < -0.39 is 0 Å². The summed E-state index contributed by atoms with van der Waals surface area (Å²) >= 11 is 0. The van der Waals surface area contributed by atoms with Gasteiger partial charge in [0.05, 0.1) is 0 Å². The molecule has 0 saturated heterocycles. The van der Waals surface area contributed by atoms with Crippen LogP contribution in [0.25, 0.3) is 0 Å². The van der Waals surface area contributed by atoms with E-state index in [0.717, 1.165) is 0 Å². The Hall–Kier alpha value is 0. The van der Waals surface area contributed by atoms with Crippen molar-refractivity contribution < 1.29 is 0 Å². The third kappa shape index (κ3) is 7.41. The molecular weight excluding hydrogens is 168 g/mol. The van der Waals surface area contributed by atoms with Gasteiger partial charge < -0.3 is 0 Å². The van der Waals surface area contributed by atoms with E-state index in [-0.39, 0.29) is 0 Å². The second kappa shape index (κ2) is 9.55. The average Bonchev–Trinajstić information content (AvgIpc) is 2.22. The summed E-state index contributed by atoms with van der Waals surface area (Å²) in [5.41, 5.74) is 0. The van der Waals surface area contributed by atoms with Crippen molar-refractivity contribution in [1.82, 2.24) is 0 Å². The molecule has 0 amide bonds. The minimum atomic E-state index is 1.34. The van der Waals surface area contributed by atoms with Gasteiger partial charge in [0.1, 0.15) is 0 Å². The van der Waals surface area contributed by atoms with Crippen molar-refractivity contribution in [2.45, 2.75) is 77.0 Å². The molecule has 0 atom stereocenters. The number of hydrogen-bond donors (Lipinski definition) is 0. The standard InChI is InChI=1S/C14H26/c1-2-4-6-8-10-12-14-13-11-9-7-5-3-1/h1,8H,2-7,9-14H2. The molecule has 0 aromatic heterocycles. The largest absolute Gasteiger partial charge is 0.0533 e. The van der Waals surface area contributed by atoms with Gasteiger partial charge in [-0.05, 0) is 12.8 Å². The molecule has 82 valence electrons. The highest BCUT2D eigenvalue weighted by molar-refractivity contribution is 4.70. The van der Waals surface area contributed by atoms with E-state index in [1.165, 1.54) is 77.0 Å². The van der Waals surface area contributed by atoms with Crippen LogP contribution >= 0.6 is 0 Å². The summed E-state index contributed by atoms with van der Waals surface area (Å²) in [6.45, 7) is 0. The van der Waals surface area contributed by atoms with Gasteiger partial charge in [0.2, 0.25) is 0 Å². The highest BCUT2D eigenvalue weighted by Crippen LogP contribution is 2.15. The lowest BCUT2D eigenvalue weighted by Gasteiger charge is -2.05. The third-order valence-corrected chi connectivity index (χ3v) is 3.13. The van der Waals surface area contributed by atoms with E-state index >= 15 is 0 Å². The minimum Gasteiger partial charge on any atom is -0.0533 e. The molecule has 0 bridgehead atoms. The molecule has 0 aromatic rings. The molecule has 0 spiro atoms. The van der Waals surface area contributed by atoms with Crippen molar-refractivity contribution >= 4 is 0 Å². The fraction of sp³-hybridized carbons (Fsp3) is 0.857. The Morgan fingerprint density at radius 3 is 1.21 bits per heavy atom. The van der Waals surface area contributed by atoms with Gasteiger partial charge >= 0.3 is 0 Å². The van der Waals surface area contributed by atoms with Crippen LogP contribution in [-0.4, -0.2) is 0 Å². The van der Waals surface area contributed by atoms with E-state index in [1.807, 2.05) is 0 Å². The molecule has 14 heavy (non-hydrogen) atoms. The molecule has 1 aliphatic carbocycles. The van der Waals surface area contributed by atoms with Crippen LogP contribution < -0.4 is 0 Å². The first kappa shape index (κ1) is 12.1. The second-order valence-corrected chi connectivity index (χ2v) is 4.56. The molecule has 0 unspecified atom stereocenters. The predicted octanol–water partition coefficient (Wildman–Crippen LogP) is 5.09. The van der Waals surface area contributed by atoms with Gasteiger partial charge in [0.15, 0.2) is 0 Å². The first-order chi connectivity index (χ1) is 7.00. The van der Waals surface area contributed by atoms with Gasteiger partial charge in [0.25, 0.3) is 0 Å². The molecule has 0 nitrogen and oxygen atoms in total. The van der Waals surface area contributed by atoms with Crippen LogP contribution in [0, 0.1) is 12.8 Å². The molecule has 1 rings (SSSR count). The summed E-state index contributed by atoms with van der Waals surface area (Å²) in [6.07, 6.45) is 22.0. The van der Waals surface area contributed by atoms with E-state index in [9.17, 15) is 0 Å². The van der Waals surface area contributed by atoms with Gasteiger partial charge in [-0.15, -0.1) is 0 Å². The smallest absolute Gasteiger partial charge is 0.0386 e. The summed E-state index contributed by atoms with van der Waals surface area (Å²) in [4.78, 5) is 0. The minimum absolute atomic E-state index is 1.34. The first-order valence-corrected chi connectivity index (χ1v) is 6.63. The Labute approximate surface area is 90.5 Å². The topological polar surface area (TPSA) is 0 Å². The molecule has 0 aliphatic heterocycles. The lowest BCUT2D eigenvalue weighted by atomic mass is 10.0. The van der Waals surface area contributed by atoms with Gasteiger partial charge in [0, 0.05) is 0 Å². The normalized spacial score (nSPS) is 24.0. The first-order valence-electron chi connectivity index (χ1n) is 6.63. The molecule has 0 heterocycles. The maximum absolute atomic E-state index is 2.50. The zero-order valence-corrected chi connectivity index (χ0v) is 9.64. The Morgan fingerprint density at radius 1 is 0.357 bits per heavy atom. The lowest BCUT2D eigenvalue weighted by molar-refractivity contribution is 0.561. The Morgan fingerprint density at radius 2 is 0.714 bits per heavy atom. The summed E-state index contributed by atoms with van der Waals surface area (Å²) in [7, 11) is 0. The summed E-state index contributed by atoms with van der Waals surface area (Å²) in [6, 6.07) is 0. The zero-order chi connectivity index (χ0) is 9.90. The van der Waals surface area contributed by atoms with Crippen LogP contribution in [0.15, 0.2) is 0 Å². The average molecular weight is 194 g/mol. The van der Waals surface area contributed by atoms with Gasteiger partial charge in [-0.3, -0.25) is 0 Å². The molecular formula is C14H26. The lowest BCUT2D eigenvalue weighted by Crippen LogP contribution is -1.86. The zero-order valence-electron chi connectivity index (χ0n) is 9.64. The van der Waals surface area contributed by atoms with E-state index in [0.29, 0.717) is 0 Å². The Bertz CT molecular complexity index is 53.3. The van der Waals surface area contributed by atoms with Crippen LogP contribution in [0.5, 0.6) is 0 Å². The number of rotatable bonds is 0. The van der Waals surface area contributed by atoms with Gasteiger partial charge in [-0.25, -0.2) is 0 Å². The van der Waals surface area contributed by atoms with Crippen molar-refractivity contribution in [3.05, 3.63) is 12.8 Å². The summed E-state index contributed by atoms with van der Waals surface area (Å²) < 4.78 is 0. The highest BCUT2D eigenvalue weighted by atomic mass is 14.0. The van der Waals surface area contributed by atoms with Crippen LogP contribution in [0.4, 0.5) is 0 Å². The molecule has 1 aliphatic rings. The Kier molecular flexibility index (Phi) is 8.24. The molecule has 0 N–H and O–H groups in total. The van der Waals surface area contributed by atoms with Crippen molar-refractivity contribution in [1.29, 1.82) is 0 Å². The highest BCUT2D eigenvalue weighted by Gasteiger charge is 1.96. The van der Waals surface area contributed by atoms with Crippen molar-refractivity contribution in [3.8, 4) is 0 Å². The van der Waals surface area contributed by atoms with Gasteiger partial charge in [-0.2, -0.15) is 0 Å². The van der Waals surface area contributed by atoms with Crippen LogP contribution in [0.3, 0.4) is 0 Å². The Balaban J connectivity index is 2.00. The van der Waals surface area contributed by atoms with Crippen LogP contribution in [0.2, 0.25) is 0 Å². The number of hydrogen-bond acceptors (Lipinski definition) is 0. The van der Waals surface area contributed by atoms with E-state index in [2.05, 4.69) is 12.8 Å². The molecule has 1 saturated carbocycles. The van der Waals surface area contributed by atoms with Crippen LogP contribution in [0.1, 0.15) is 77.0 Å². The van der Waals surface area contributed by atoms with Gasteiger partial charge in [-0.1, -0.05) is 77.0 Å². The van der Waals surface area contributed by atoms with Crippen molar-refractivity contribution in [3.63, 3.8) is 0 Å². The SMILES string of the molecule is [CH]1CCC[CH]CCCCCCCCC1. The molecule has 0 aromatic carbocycles. The molecule has 1 fully saturated rings. The quantitative estimate of drug-likeness (QED) is 0.504. The fourth-order valence-electron chi connectivity index (χ4n) is 2.16. The molecule has 2 radical (unpaired) electrons. The summed E-state index contributed by atoms with van der Waals surface area (Å²) in [5, 5.41) is 0. The van der Waals surface area contributed by atoms with Crippen LogP contribution in [-0.2, 0) is 0 Å². The molecule has 0 heteroatoms. The van der Waals surface area contributed by atoms with E-state index in [4.69, 9.17) is 0 Å². The summed E-state index contributed by atoms with van der Waals surface area (Å²) in [5.74, 6) is 0. The maximum atomic E-state index is 2.50. The van der Waals surface area contributed by atoms with Crippen molar-refractivity contribution in [2.75, 3.05) is 0 Å². The maximum Gasteiger partial charge on any atom is -0.0386 e. The second-order valence-electron chi connectivity index (χ2n) is 4.56. The fourth-order valence-corrected chi connectivity index (χ4v) is 2.16. The monoisotopic (exact) mass is 194 g/mol.